The molecule has 0 amide bonds. The molecular formula is C4H2F10S. The molecule has 0 aliphatic rings. The maximum Gasteiger partial charge on any atom is 0.460 e. The Morgan fingerprint density at radius 1 is 0.400 bits per heavy atom. The molecule has 0 aromatic carbocycles. The molecule has 0 bridgehead atoms. The zero-order valence-corrected chi connectivity index (χ0v) is 7.28. The van der Waals surface area contributed by atoms with E-state index in [9.17, 15) is 43.9 Å². The third-order valence-electron chi connectivity index (χ3n) is 1.11. The van der Waals surface area contributed by atoms with Gasteiger partial charge in [-0.15, -0.1) is 0 Å². The molecule has 0 nitrogen and oxygen atoms in total. The van der Waals surface area contributed by atoms with Crippen LogP contribution in [-0.4, -0.2) is 24.2 Å². The van der Waals surface area contributed by atoms with Crippen molar-refractivity contribution in [2.75, 3.05) is 0 Å². The molecule has 11 heteroatoms. The van der Waals surface area contributed by atoms with E-state index >= 15 is 0 Å². The summed E-state index contributed by atoms with van der Waals surface area (Å²) in [6, 6.07) is 0. The van der Waals surface area contributed by atoms with Gasteiger partial charge in [-0.1, -0.05) is 0 Å². The van der Waals surface area contributed by atoms with Gasteiger partial charge in [0.1, 0.15) is 0 Å². The van der Waals surface area contributed by atoms with Crippen LogP contribution in [0.5, 0.6) is 0 Å². The lowest BCUT2D eigenvalue weighted by molar-refractivity contribution is -0.419. The smallest absolute Gasteiger partial charge is 0.197 e. The van der Waals surface area contributed by atoms with Crippen molar-refractivity contribution < 1.29 is 43.9 Å². The fourth-order valence-electron chi connectivity index (χ4n) is 0.356. The van der Waals surface area contributed by atoms with Crippen LogP contribution in [0, 0.1) is 0 Å². The number of hydrogen-bond donors (Lipinski definition) is 0. The second kappa shape index (κ2) is 3.91. The summed E-state index contributed by atoms with van der Waals surface area (Å²) in [5, 5.41) is 0. The second-order valence-corrected chi connectivity index (χ2v) is 2.14. The highest BCUT2D eigenvalue weighted by Crippen LogP contribution is 2.53. The third-order valence-corrected chi connectivity index (χ3v) is 1.11. The summed E-state index contributed by atoms with van der Waals surface area (Å²) in [5.74, 6) is -14.3. The van der Waals surface area contributed by atoms with Crippen molar-refractivity contribution in [2.24, 2.45) is 0 Å². The van der Waals surface area contributed by atoms with Gasteiger partial charge in [0, 0.05) is 0 Å². The molecule has 94 valence electrons. The molecule has 0 unspecified atom stereocenters. The van der Waals surface area contributed by atoms with Crippen LogP contribution >= 0.6 is 13.5 Å². The van der Waals surface area contributed by atoms with Crippen LogP contribution < -0.4 is 0 Å². The van der Waals surface area contributed by atoms with E-state index in [1.54, 1.807) is 0 Å². The van der Waals surface area contributed by atoms with Crippen molar-refractivity contribution in [3.63, 3.8) is 0 Å². The largest absolute Gasteiger partial charge is 0.460 e. The molecule has 15 heavy (non-hydrogen) atoms. The Hall–Kier alpha value is -0.350. The molecule has 0 radical (unpaired) electrons. The maximum atomic E-state index is 11.6. The minimum Gasteiger partial charge on any atom is -0.197 e. The average Bonchev–Trinajstić information content (AvgIpc) is 1.81. The van der Waals surface area contributed by atoms with Gasteiger partial charge >= 0.3 is 24.2 Å². The number of hydrogen-bond acceptors (Lipinski definition) is 0. The van der Waals surface area contributed by atoms with E-state index in [1.807, 2.05) is 0 Å². The summed E-state index contributed by atoms with van der Waals surface area (Å²) in [4.78, 5) is 0. The maximum absolute atomic E-state index is 11.6. The van der Waals surface area contributed by atoms with Crippen LogP contribution in [-0.2, 0) is 0 Å². The van der Waals surface area contributed by atoms with Crippen LogP contribution in [0.2, 0.25) is 0 Å². The van der Waals surface area contributed by atoms with Crippen molar-refractivity contribution in [1.82, 2.24) is 0 Å². The van der Waals surface area contributed by atoms with Gasteiger partial charge in [0.05, 0.1) is 0 Å². The molecular weight excluding hydrogens is 270 g/mol. The fourth-order valence-corrected chi connectivity index (χ4v) is 0.356. The van der Waals surface area contributed by atoms with Crippen molar-refractivity contribution in [3.8, 4) is 0 Å². The molecule has 0 heterocycles. The van der Waals surface area contributed by atoms with Crippen LogP contribution in [0.4, 0.5) is 43.9 Å². The third kappa shape index (κ3) is 2.61. The standard InChI is InChI=1S/C4F10.H2S/c5-1(6,3(9,10)11)2(7,8)4(12,13)14;/h;1H2. The topological polar surface area (TPSA) is 0 Å². The lowest BCUT2D eigenvalue weighted by atomic mass is 10.1. The Bertz CT molecular complexity index is 186. The molecule has 0 fully saturated rings. The molecule has 0 aromatic rings. The van der Waals surface area contributed by atoms with E-state index in [1.165, 1.54) is 0 Å². The zero-order chi connectivity index (χ0) is 12.0. The first-order chi connectivity index (χ1) is 5.75. The molecule has 0 atom stereocenters. The normalized spacial score (nSPS) is 14.8. The highest BCUT2D eigenvalue weighted by molar-refractivity contribution is 7.59. The fraction of sp³-hybridized carbons (Fsp3) is 1.00. The molecule has 0 rings (SSSR count). The predicted molar refractivity (Wildman–Crippen MR) is 32.4 cm³/mol. The van der Waals surface area contributed by atoms with Crippen LogP contribution in [0.1, 0.15) is 0 Å². The first kappa shape index (κ1) is 17.1. The van der Waals surface area contributed by atoms with E-state index in [4.69, 9.17) is 0 Å². The summed E-state index contributed by atoms with van der Waals surface area (Å²) in [7, 11) is 0. The van der Waals surface area contributed by atoms with Crippen molar-refractivity contribution in [3.05, 3.63) is 0 Å². The van der Waals surface area contributed by atoms with Crippen LogP contribution in [0.3, 0.4) is 0 Å². The monoisotopic (exact) mass is 272 g/mol. The van der Waals surface area contributed by atoms with Gasteiger partial charge in [-0.3, -0.25) is 0 Å². The molecule has 0 aromatic heterocycles. The average molecular weight is 272 g/mol. The van der Waals surface area contributed by atoms with Crippen molar-refractivity contribution in [2.45, 2.75) is 24.2 Å². The van der Waals surface area contributed by atoms with Gasteiger partial charge in [0.15, 0.2) is 0 Å². The van der Waals surface area contributed by atoms with E-state index in [0.29, 0.717) is 0 Å². The number of rotatable bonds is 1. The summed E-state index contributed by atoms with van der Waals surface area (Å²) < 4.78 is 113. The Labute approximate surface area is 82.7 Å². The van der Waals surface area contributed by atoms with Crippen molar-refractivity contribution in [1.29, 1.82) is 0 Å². The minimum absolute atomic E-state index is 0. The summed E-state index contributed by atoms with van der Waals surface area (Å²) in [6.07, 6.45) is -13.9. The van der Waals surface area contributed by atoms with Crippen LogP contribution in [0.15, 0.2) is 0 Å². The molecule has 0 saturated heterocycles. The van der Waals surface area contributed by atoms with Gasteiger partial charge in [0.25, 0.3) is 0 Å². The Morgan fingerprint density at radius 3 is 0.600 bits per heavy atom. The lowest BCUT2D eigenvalue weighted by Gasteiger charge is -2.29. The molecule has 0 aliphatic carbocycles. The molecule has 0 saturated carbocycles. The Kier molecular flexibility index (Phi) is 4.44. The Morgan fingerprint density at radius 2 is 0.533 bits per heavy atom. The molecule has 0 aliphatic heterocycles. The van der Waals surface area contributed by atoms with Gasteiger partial charge in [0.2, 0.25) is 0 Å². The first-order valence-electron chi connectivity index (χ1n) is 2.64. The second-order valence-electron chi connectivity index (χ2n) is 2.14. The summed E-state index contributed by atoms with van der Waals surface area (Å²) in [6.45, 7) is 0. The summed E-state index contributed by atoms with van der Waals surface area (Å²) >= 11 is 0. The zero-order valence-electron chi connectivity index (χ0n) is 6.28. The van der Waals surface area contributed by atoms with E-state index in [-0.39, 0.29) is 13.5 Å². The van der Waals surface area contributed by atoms with Crippen LogP contribution in [0.25, 0.3) is 0 Å². The number of halogens is 10. The lowest BCUT2D eigenvalue weighted by Crippen LogP contribution is -2.59. The van der Waals surface area contributed by atoms with Gasteiger partial charge in [-0.05, 0) is 0 Å². The number of alkyl halides is 10. The predicted octanol–water partition coefficient (Wildman–Crippen LogP) is 3.49. The molecule has 0 N–H and O–H groups in total. The molecule has 0 spiro atoms. The van der Waals surface area contributed by atoms with E-state index < -0.39 is 24.2 Å². The SMILES string of the molecule is FC(F)(F)C(F)(F)C(F)(F)C(F)(F)F.S. The highest BCUT2D eigenvalue weighted by Gasteiger charge is 2.82. The van der Waals surface area contributed by atoms with Gasteiger partial charge in [-0.25, -0.2) is 0 Å². The Balaban J connectivity index is 0. The van der Waals surface area contributed by atoms with E-state index in [0.717, 1.165) is 0 Å². The summed E-state index contributed by atoms with van der Waals surface area (Å²) in [5.41, 5.74) is 0. The van der Waals surface area contributed by atoms with Gasteiger partial charge in [-0.2, -0.15) is 57.4 Å². The minimum atomic E-state index is -7.14. The quantitative estimate of drug-likeness (QED) is 0.641. The van der Waals surface area contributed by atoms with Gasteiger partial charge < -0.3 is 0 Å². The highest BCUT2D eigenvalue weighted by atomic mass is 32.1. The van der Waals surface area contributed by atoms with Crippen molar-refractivity contribution >= 4 is 13.5 Å². The first-order valence-corrected chi connectivity index (χ1v) is 2.64. The van der Waals surface area contributed by atoms with E-state index in [2.05, 4.69) is 0 Å².